The van der Waals surface area contributed by atoms with E-state index in [1.807, 2.05) is 17.1 Å². The lowest BCUT2D eigenvalue weighted by Gasteiger charge is -2.19. The van der Waals surface area contributed by atoms with Crippen molar-refractivity contribution >= 4 is 22.8 Å². The fourth-order valence-electron chi connectivity index (χ4n) is 3.75. The molecular formula is C23H24N4O10. The molecule has 196 valence electrons. The summed E-state index contributed by atoms with van der Waals surface area (Å²) in [6.45, 7) is -0.758. The van der Waals surface area contributed by atoms with Gasteiger partial charge in [-0.05, 0) is 12.1 Å². The van der Waals surface area contributed by atoms with Crippen molar-refractivity contribution in [3.63, 3.8) is 0 Å². The molecule has 0 aliphatic carbocycles. The fraction of sp³-hybridized carbons (Fsp3) is 0.348. The third-order valence-corrected chi connectivity index (χ3v) is 5.77. The van der Waals surface area contributed by atoms with Gasteiger partial charge in [-0.15, -0.1) is 0 Å². The molecule has 0 radical (unpaired) electrons. The zero-order valence-electron chi connectivity index (χ0n) is 19.1. The first-order valence-corrected chi connectivity index (χ1v) is 11.1. The predicted molar refractivity (Wildman–Crippen MR) is 124 cm³/mol. The Morgan fingerprint density at radius 2 is 1.84 bits per heavy atom. The molecule has 37 heavy (non-hydrogen) atoms. The van der Waals surface area contributed by atoms with Crippen molar-refractivity contribution in [1.29, 1.82) is 0 Å². The number of aromatic nitrogens is 3. The number of carbonyl (C=O) groups is 2. The number of carbonyl (C=O) groups excluding carboxylic acids is 2. The van der Waals surface area contributed by atoms with Gasteiger partial charge in [0.1, 0.15) is 24.9 Å². The summed E-state index contributed by atoms with van der Waals surface area (Å²) in [5.41, 5.74) is -0.493. The highest BCUT2D eigenvalue weighted by Gasteiger charge is 2.44. The Kier molecular flexibility index (Phi) is 7.75. The number of pyridine rings is 1. The molecule has 0 spiro atoms. The van der Waals surface area contributed by atoms with Crippen LogP contribution in [-0.4, -0.2) is 83.9 Å². The maximum Gasteiger partial charge on any atom is 0.338 e. The average Bonchev–Trinajstić information content (AvgIpc) is 3.17. The van der Waals surface area contributed by atoms with Crippen molar-refractivity contribution in [1.82, 2.24) is 19.9 Å². The van der Waals surface area contributed by atoms with Crippen LogP contribution in [0.15, 0.2) is 58.3 Å². The van der Waals surface area contributed by atoms with Gasteiger partial charge in [0.15, 0.2) is 18.4 Å². The predicted octanol–water partition coefficient (Wildman–Crippen LogP) is -2.71. The van der Waals surface area contributed by atoms with E-state index in [-0.39, 0.29) is 6.61 Å². The molecule has 14 nitrogen and oxygen atoms in total. The fourth-order valence-corrected chi connectivity index (χ4v) is 3.75. The van der Waals surface area contributed by atoms with Gasteiger partial charge >= 0.3 is 11.7 Å². The number of ether oxygens (including phenoxy) is 2. The smallest absolute Gasteiger partial charge is 0.338 e. The van der Waals surface area contributed by atoms with E-state index in [1.165, 1.54) is 0 Å². The number of aliphatic hydroxyl groups excluding tert-OH is 4. The minimum atomic E-state index is -2.21. The summed E-state index contributed by atoms with van der Waals surface area (Å²) in [5, 5.41) is 43.6. The van der Waals surface area contributed by atoms with Gasteiger partial charge in [0.25, 0.3) is 11.5 Å². The van der Waals surface area contributed by atoms with Crippen molar-refractivity contribution in [2.24, 2.45) is 0 Å². The van der Waals surface area contributed by atoms with Crippen molar-refractivity contribution in [2.75, 3.05) is 6.54 Å². The summed E-state index contributed by atoms with van der Waals surface area (Å²) in [6, 6.07) is 11.7. The number of benzene rings is 1. The van der Waals surface area contributed by atoms with Crippen LogP contribution in [-0.2, 0) is 25.7 Å². The van der Waals surface area contributed by atoms with Crippen LogP contribution < -0.4 is 16.6 Å². The highest BCUT2D eigenvalue weighted by atomic mass is 16.6. The molecular weight excluding hydrogens is 492 g/mol. The zero-order chi connectivity index (χ0) is 26.7. The molecule has 1 aromatic carbocycles. The number of nitrogens with one attached hydrogen (secondary N) is 2. The largest absolute Gasteiger partial charge is 0.457 e. The van der Waals surface area contributed by atoms with Crippen molar-refractivity contribution in [3.8, 4) is 0 Å². The van der Waals surface area contributed by atoms with E-state index in [2.05, 4.69) is 10.3 Å². The SMILES string of the molecule is O=C(NC[C@H]1O[C@@H](n2ccc(=O)[nH]c2=O)[C@H](O)[C@@H]1O)[C@H](O)[C@@H](O)C(=O)OCc1ccc2ccccc2n1. The molecule has 0 saturated carbocycles. The number of para-hydroxylation sites is 1. The molecule has 1 aliphatic rings. The molecule has 0 unspecified atom stereocenters. The molecule has 1 aliphatic heterocycles. The van der Waals surface area contributed by atoms with Crippen LogP contribution in [0.1, 0.15) is 11.9 Å². The second kappa shape index (κ2) is 11.0. The lowest BCUT2D eigenvalue weighted by atomic mass is 10.1. The Hall–Kier alpha value is -3.95. The Balaban J connectivity index is 1.29. The van der Waals surface area contributed by atoms with E-state index in [1.54, 1.807) is 24.3 Å². The minimum absolute atomic E-state index is 0.305. The van der Waals surface area contributed by atoms with Crippen LogP contribution in [0.5, 0.6) is 0 Å². The quantitative estimate of drug-likeness (QED) is 0.169. The molecule has 1 fully saturated rings. The van der Waals surface area contributed by atoms with E-state index in [0.29, 0.717) is 11.2 Å². The summed E-state index contributed by atoms with van der Waals surface area (Å²) >= 11 is 0. The third-order valence-electron chi connectivity index (χ3n) is 5.77. The minimum Gasteiger partial charge on any atom is -0.457 e. The highest BCUT2D eigenvalue weighted by molar-refractivity contribution is 5.88. The molecule has 0 bridgehead atoms. The van der Waals surface area contributed by atoms with Crippen molar-refractivity contribution in [2.45, 2.75) is 43.4 Å². The molecule has 4 rings (SSSR count). The molecule has 14 heteroatoms. The molecule has 3 heterocycles. The zero-order valence-corrected chi connectivity index (χ0v) is 19.1. The van der Waals surface area contributed by atoms with Crippen molar-refractivity contribution < 1.29 is 39.5 Å². The maximum absolute atomic E-state index is 12.3. The second-order valence-corrected chi connectivity index (χ2v) is 8.30. The van der Waals surface area contributed by atoms with Crippen LogP contribution in [0, 0.1) is 0 Å². The number of aliphatic hydroxyl groups is 4. The third kappa shape index (κ3) is 5.73. The van der Waals surface area contributed by atoms with Gasteiger partial charge in [0, 0.05) is 24.2 Å². The Bertz CT molecular complexity index is 1410. The number of amides is 1. The first-order valence-electron chi connectivity index (χ1n) is 11.1. The van der Waals surface area contributed by atoms with E-state index in [9.17, 15) is 39.6 Å². The number of hydrogen-bond acceptors (Lipinski definition) is 11. The van der Waals surface area contributed by atoms with Gasteiger partial charge in [-0.3, -0.25) is 19.1 Å². The van der Waals surface area contributed by atoms with E-state index < -0.39 is 66.4 Å². The summed E-state index contributed by atoms with van der Waals surface area (Å²) in [5.74, 6) is -2.44. The van der Waals surface area contributed by atoms with Crippen LogP contribution >= 0.6 is 0 Å². The highest BCUT2D eigenvalue weighted by Crippen LogP contribution is 2.27. The number of H-pyrrole nitrogens is 1. The van der Waals surface area contributed by atoms with Crippen LogP contribution in [0.2, 0.25) is 0 Å². The summed E-state index contributed by atoms with van der Waals surface area (Å²) < 4.78 is 11.2. The van der Waals surface area contributed by atoms with Crippen LogP contribution in [0.25, 0.3) is 10.9 Å². The van der Waals surface area contributed by atoms with Crippen molar-refractivity contribution in [3.05, 3.63) is 75.2 Å². The Morgan fingerprint density at radius 3 is 2.59 bits per heavy atom. The summed E-state index contributed by atoms with van der Waals surface area (Å²) in [6.07, 6.45) is -9.08. The number of nitrogens with zero attached hydrogens (tertiary/aromatic N) is 2. The molecule has 1 saturated heterocycles. The number of aromatic amines is 1. The van der Waals surface area contributed by atoms with Crippen LogP contribution in [0.4, 0.5) is 0 Å². The number of hydrogen-bond donors (Lipinski definition) is 6. The average molecular weight is 516 g/mol. The van der Waals surface area contributed by atoms with Gasteiger partial charge in [-0.25, -0.2) is 14.6 Å². The lowest BCUT2D eigenvalue weighted by molar-refractivity contribution is -0.165. The Labute approximate surface area is 207 Å². The number of rotatable bonds is 8. The standard InChI is InChI=1S/C23H24N4O10/c28-15-7-8-27(23(35)26-15)21-18(31)16(29)14(37-21)9-24-20(33)17(30)19(32)22(34)36-10-12-6-5-11-3-1-2-4-13(11)25-12/h1-8,14,16-19,21,29-32H,9-10H2,(H,24,33)(H,26,28,35)/t14-,16-,17-,18-,19-,21-/m1/s1. The topological polar surface area (TPSA) is 213 Å². The maximum atomic E-state index is 12.3. The first-order chi connectivity index (χ1) is 17.7. The molecule has 2 aromatic heterocycles. The van der Waals surface area contributed by atoms with Gasteiger partial charge in [-0.1, -0.05) is 24.3 Å². The van der Waals surface area contributed by atoms with E-state index >= 15 is 0 Å². The normalized spacial score (nSPS) is 22.9. The second-order valence-electron chi connectivity index (χ2n) is 8.30. The monoisotopic (exact) mass is 516 g/mol. The van der Waals surface area contributed by atoms with Gasteiger partial charge < -0.3 is 35.2 Å². The van der Waals surface area contributed by atoms with Gasteiger partial charge in [0.2, 0.25) is 0 Å². The van der Waals surface area contributed by atoms with E-state index in [0.717, 1.165) is 22.2 Å². The first kappa shape index (κ1) is 26.1. The van der Waals surface area contributed by atoms with E-state index in [4.69, 9.17) is 9.47 Å². The van der Waals surface area contributed by atoms with Gasteiger partial charge in [-0.2, -0.15) is 0 Å². The summed E-state index contributed by atoms with van der Waals surface area (Å²) in [4.78, 5) is 53.9. The molecule has 6 N–H and O–H groups in total. The van der Waals surface area contributed by atoms with Gasteiger partial charge in [0.05, 0.1) is 11.2 Å². The molecule has 3 aromatic rings. The number of fused-ring (bicyclic) bond motifs is 1. The Morgan fingerprint density at radius 1 is 1.08 bits per heavy atom. The molecule has 6 atom stereocenters. The van der Waals surface area contributed by atoms with Crippen LogP contribution in [0.3, 0.4) is 0 Å². The molecule has 1 amide bonds. The number of esters is 1. The summed E-state index contributed by atoms with van der Waals surface area (Å²) in [7, 11) is 0. The lowest BCUT2D eigenvalue weighted by Crippen LogP contribution is -2.49.